The van der Waals surface area contributed by atoms with Crippen molar-refractivity contribution in [2.45, 2.75) is 88.5 Å². The maximum Gasteiger partial charge on any atom is 0.270 e. The van der Waals surface area contributed by atoms with Crippen LogP contribution in [0.3, 0.4) is 0 Å². The molecule has 0 aromatic carbocycles. The molecule has 9 heteroatoms. The molecular weight excluding hydrogens is 452 g/mol. The van der Waals surface area contributed by atoms with Crippen LogP contribution in [0.15, 0.2) is 17.2 Å². The second kappa shape index (κ2) is 11.2. The lowest BCUT2D eigenvalue weighted by Gasteiger charge is -2.32. The molecule has 2 saturated heterocycles. The maximum absolute atomic E-state index is 13.3. The van der Waals surface area contributed by atoms with Crippen LogP contribution in [0.25, 0.3) is 0 Å². The van der Waals surface area contributed by atoms with Crippen LogP contribution in [-0.2, 0) is 14.8 Å². The van der Waals surface area contributed by atoms with E-state index in [2.05, 4.69) is 17.2 Å². The average molecular weight is 493 g/mol. The van der Waals surface area contributed by atoms with Crippen molar-refractivity contribution in [2.75, 3.05) is 26.2 Å². The Morgan fingerprint density at radius 3 is 2.32 bits per heavy atom. The second-order valence-corrected chi connectivity index (χ2v) is 12.4. The van der Waals surface area contributed by atoms with E-state index in [1.807, 2.05) is 0 Å². The molecule has 1 atom stereocenters. The fourth-order valence-electron chi connectivity index (χ4n) is 5.47. The first kappa shape index (κ1) is 25.2. The van der Waals surface area contributed by atoms with Gasteiger partial charge in [0.1, 0.15) is 10.6 Å². The molecule has 0 unspecified atom stereocenters. The molecule has 1 aromatic heterocycles. The number of hydrogen-bond donors (Lipinski definition) is 2. The number of sulfonamides is 1. The lowest BCUT2D eigenvalue weighted by molar-refractivity contribution is -0.126. The van der Waals surface area contributed by atoms with Crippen molar-refractivity contribution in [2.24, 2.45) is 11.8 Å². The molecule has 4 rings (SSSR count). The Bertz CT molecular complexity index is 944. The molecule has 8 nitrogen and oxygen atoms in total. The van der Waals surface area contributed by atoms with Gasteiger partial charge >= 0.3 is 0 Å². The van der Waals surface area contributed by atoms with Crippen molar-refractivity contribution in [3.63, 3.8) is 0 Å². The van der Waals surface area contributed by atoms with Crippen molar-refractivity contribution in [1.82, 2.24) is 19.5 Å². The van der Waals surface area contributed by atoms with Crippen molar-refractivity contribution in [3.8, 4) is 0 Å². The highest BCUT2D eigenvalue weighted by atomic mass is 32.2. The number of carbonyl (C=O) groups excluding carboxylic acids is 2. The van der Waals surface area contributed by atoms with Crippen molar-refractivity contribution in [3.05, 3.63) is 18.0 Å². The van der Waals surface area contributed by atoms with Gasteiger partial charge in [-0.1, -0.05) is 39.0 Å². The van der Waals surface area contributed by atoms with Gasteiger partial charge in [0.25, 0.3) is 5.91 Å². The van der Waals surface area contributed by atoms with Crippen LogP contribution in [0.5, 0.6) is 0 Å². The number of amides is 2. The molecule has 34 heavy (non-hydrogen) atoms. The van der Waals surface area contributed by atoms with Gasteiger partial charge in [0, 0.05) is 38.4 Å². The van der Waals surface area contributed by atoms with Crippen LogP contribution in [0.1, 0.15) is 88.0 Å². The predicted molar refractivity (Wildman–Crippen MR) is 131 cm³/mol. The molecule has 2 aliphatic heterocycles. The molecule has 1 saturated carbocycles. The minimum absolute atomic E-state index is 0.0188. The molecule has 3 aliphatic rings. The smallest absolute Gasteiger partial charge is 0.270 e. The topological polar surface area (TPSA) is 103 Å². The number of likely N-dealkylation sites (tertiary alicyclic amines) is 1. The van der Waals surface area contributed by atoms with E-state index in [9.17, 15) is 18.0 Å². The SMILES string of the molecule is CC1CCN(C(=O)c2cc(S(=O)(=O)N3CCC[C@@H](C(=O)NC4CCCCCCC4)C3)c[nH]2)CC1. The highest BCUT2D eigenvalue weighted by Gasteiger charge is 2.35. The molecule has 1 aromatic rings. The molecule has 190 valence electrons. The highest BCUT2D eigenvalue weighted by molar-refractivity contribution is 7.89. The molecule has 3 heterocycles. The standard InChI is InChI=1S/C25H40N4O4S/c1-19-11-14-28(15-12-19)25(31)23-16-22(17-26-23)34(32,33)29-13-7-8-20(18-29)24(30)27-21-9-5-3-2-4-6-10-21/h16-17,19-21,26H,2-15,18H2,1H3,(H,27,30)/t20-/m1/s1. The fourth-order valence-corrected chi connectivity index (χ4v) is 6.99. The zero-order valence-corrected chi connectivity index (χ0v) is 21.2. The summed E-state index contributed by atoms with van der Waals surface area (Å²) in [6, 6.07) is 1.66. The largest absolute Gasteiger partial charge is 0.356 e. The molecule has 0 radical (unpaired) electrons. The first-order valence-corrected chi connectivity index (χ1v) is 14.6. The normalized spacial score (nSPS) is 24.4. The van der Waals surface area contributed by atoms with E-state index in [0.717, 1.165) is 38.5 Å². The summed E-state index contributed by atoms with van der Waals surface area (Å²) in [5, 5.41) is 3.21. The summed E-state index contributed by atoms with van der Waals surface area (Å²) in [4.78, 5) is 30.6. The Hall–Kier alpha value is -1.87. The molecular formula is C25H40N4O4S. The minimum Gasteiger partial charge on any atom is -0.356 e. The van der Waals surface area contributed by atoms with E-state index < -0.39 is 10.0 Å². The van der Waals surface area contributed by atoms with Crippen LogP contribution >= 0.6 is 0 Å². The van der Waals surface area contributed by atoms with Crippen molar-refractivity contribution < 1.29 is 18.0 Å². The number of carbonyl (C=O) groups is 2. The summed E-state index contributed by atoms with van der Waals surface area (Å²) >= 11 is 0. The van der Waals surface area contributed by atoms with E-state index in [1.165, 1.54) is 35.8 Å². The first-order chi connectivity index (χ1) is 16.3. The first-order valence-electron chi connectivity index (χ1n) is 13.1. The minimum atomic E-state index is -3.77. The van der Waals surface area contributed by atoms with Gasteiger partial charge in [-0.25, -0.2) is 8.42 Å². The lowest BCUT2D eigenvalue weighted by atomic mass is 9.94. The van der Waals surface area contributed by atoms with E-state index in [0.29, 0.717) is 44.1 Å². The van der Waals surface area contributed by atoms with Gasteiger partial charge in [0.05, 0.1) is 5.92 Å². The number of aromatic nitrogens is 1. The Balaban J connectivity index is 1.37. The van der Waals surface area contributed by atoms with E-state index in [1.54, 1.807) is 4.90 Å². The average Bonchev–Trinajstić information content (AvgIpc) is 3.32. The van der Waals surface area contributed by atoms with Crippen LogP contribution < -0.4 is 5.32 Å². The van der Waals surface area contributed by atoms with E-state index in [-0.39, 0.29) is 35.2 Å². The lowest BCUT2D eigenvalue weighted by Crippen LogP contribution is -2.47. The van der Waals surface area contributed by atoms with Crippen LogP contribution in [0.2, 0.25) is 0 Å². The number of piperidine rings is 2. The molecule has 0 spiro atoms. The van der Waals surface area contributed by atoms with Crippen molar-refractivity contribution in [1.29, 1.82) is 0 Å². The Morgan fingerprint density at radius 2 is 1.62 bits per heavy atom. The molecule has 1 aliphatic carbocycles. The third kappa shape index (κ3) is 6.03. The van der Waals surface area contributed by atoms with E-state index >= 15 is 0 Å². The van der Waals surface area contributed by atoms with Gasteiger partial charge < -0.3 is 15.2 Å². The fraction of sp³-hybridized carbons (Fsp3) is 0.760. The summed E-state index contributed by atoms with van der Waals surface area (Å²) in [6.45, 7) is 4.18. The monoisotopic (exact) mass is 492 g/mol. The van der Waals surface area contributed by atoms with Gasteiger partial charge in [0.15, 0.2) is 0 Å². The maximum atomic E-state index is 13.3. The third-order valence-corrected chi connectivity index (χ3v) is 9.64. The summed E-state index contributed by atoms with van der Waals surface area (Å²) in [5.41, 5.74) is 0.309. The van der Waals surface area contributed by atoms with Crippen LogP contribution in [0, 0.1) is 11.8 Å². The summed E-state index contributed by atoms with van der Waals surface area (Å²) in [7, 11) is -3.77. The zero-order valence-electron chi connectivity index (χ0n) is 20.4. The Morgan fingerprint density at radius 1 is 0.941 bits per heavy atom. The predicted octanol–water partition coefficient (Wildman–Crippen LogP) is 3.52. The van der Waals surface area contributed by atoms with Gasteiger partial charge in [0.2, 0.25) is 15.9 Å². The number of hydrogen-bond acceptors (Lipinski definition) is 4. The van der Waals surface area contributed by atoms with Crippen molar-refractivity contribution >= 4 is 21.8 Å². The van der Waals surface area contributed by atoms with Gasteiger partial charge in [-0.15, -0.1) is 0 Å². The second-order valence-electron chi connectivity index (χ2n) is 10.5. The number of nitrogens with zero attached hydrogens (tertiary/aromatic N) is 2. The zero-order chi connectivity index (χ0) is 24.1. The van der Waals surface area contributed by atoms with Crippen LogP contribution in [0.4, 0.5) is 0 Å². The van der Waals surface area contributed by atoms with Gasteiger partial charge in [-0.05, 0) is 50.5 Å². The number of aromatic amines is 1. The molecule has 2 N–H and O–H groups in total. The van der Waals surface area contributed by atoms with Crippen LogP contribution in [-0.4, -0.2) is 66.6 Å². The highest BCUT2D eigenvalue weighted by Crippen LogP contribution is 2.26. The summed E-state index contributed by atoms with van der Waals surface area (Å²) < 4.78 is 28.1. The number of rotatable bonds is 5. The molecule has 2 amide bonds. The van der Waals surface area contributed by atoms with Gasteiger partial charge in [-0.3, -0.25) is 9.59 Å². The Kier molecular flexibility index (Phi) is 8.34. The molecule has 3 fully saturated rings. The van der Waals surface area contributed by atoms with E-state index in [4.69, 9.17) is 0 Å². The third-order valence-electron chi connectivity index (χ3n) is 7.80. The summed E-state index contributed by atoms with van der Waals surface area (Å²) in [6.07, 6.45) is 12.7. The Labute approximate surface area is 203 Å². The number of nitrogens with one attached hydrogen (secondary N) is 2. The van der Waals surface area contributed by atoms with Gasteiger partial charge in [-0.2, -0.15) is 4.31 Å². The quantitative estimate of drug-likeness (QED) is 0.656. The summed E-state index contributed by atoms with van der Waals surface area (Å²) in [5.74, 6) is 0.113. The number of H-pyrrole nitrogens is 1. The molecule has 0 bridgehead atoms.